The van der Waals surface area contributed by atoms with Crippen molar-refractivity contribution >= 4 is 5.91 Å². The standard InChI is InChI=1S/C18H21N3O4/c1-11-3-5-13(6-4-11)10-25-12(2)17(23)21-8-7-14-15(9-21)19-18(24)20-16(14)22/h3-6,12H,7-10H2,1-2H3,(H2,19,20,22,24). The number of H-pyrrole nitrogens is 2. The molecule has 0 saturated carbocycles. The van der Waals surface area contributed by atoms with E-state index in [9.17, 15) is 14.4 Å². The third kappa shape index (κ3) is 3.88. The van der Waals surface area contributed by atoms with Crippen LogP contribution in [0.3, 0.4) is 0 Å². The minimum absolute atomic E-state index is 0.154. The maximum Gasteiger partial charge on any atom is 0.325 e. The lowest BCUT2D eigenvalue weighted by Gasteiger charge is -2.30. The van der Waals surface area contributed by atoms with E-state index in [1.807, 2.05) is 31.2 Å². The molecule has 0 spiro atoms. The van der Waals surface area contributed by atoms with Crippen molar-refractivity contribution in [2.45, 2.75) is 39.5 Å². The molecule has 1 aromatic carbocycles. The number of rotatable bonds is 4. The van der Waals surface area contributed by atoms with Crippen LogP contribution in [0.25, 0.3) is 0 Å². The number of aromatic amines is 2. The van der Waals surface area contributed by atoms with Gasteiger partial charge in [-0.2, -0.15) is 0 Å². The monoisotopic (exact) mass is 343 g/mol. The van der Waals surface area contributed by atoms with Crippen LogP contribution in [0.2, 0.25) is 0 Å². The SMILES string of the molecule is Cc1ccc(COC(C)C(=O)N2CCc3c([nH]c(=O)[nH]c3=O)C2)cc1. The summed E-state index contributed by atoms with van der Waals surface area (Å²) in [5.74, 6) is -0.154. The number of carbonyl (C=O) groups is 1. The molecule has 132 valence electrons. The van der Waals surface area contributed by atoms with E-state index in [2.05, 4.69) is 9.97 Å². The van der Waals surface area contributed by atoms with E-state index in [1.165, 1.54) is 5.56 Å². The summed E-state index contributed by atoms with van der Waals surface area (Å²) in [5, 5.41) is 0. The van der Waals surface area contributed by atoms with Crippen LogP contribution in [-0.4, -0.2) is 33.4 Å². The van der Waals surface area contributed by atoms with Gasteiger partial charge in [-0.05, 0) is 25.8 Å². The maximum absolute atomic E-state index is 12.6. The number of nitrogens with one attached hydrogen (secondary N) is 2. The van der Waals surface area contributed by atoms with Crippen LogP contribution in [0.4, 0.5) is 0 Å². The average molecular weight is 343 g/mol. The lowest BCUT2D eigenvalue weighted by atomic mass is 10.1. The predicted molar refractivity (Wildman–Crippen MR) is 92.2 cm³/mol. The fraction of sp³-hybridized carbons (Fsp3) is 0.389. The van der Waals surface area contributed by atoms with Crippen LogP contribution in [0, 0.1) is 6.92 Å². The minimum Gasteiger partial charge on any atom is -0.364 e. The summed E-state index contributed by atoms with van der Waals surface area (Å²) < 4.78 is 5.69. The largest absolute Gasteiger partial charge is 0.364 e. The van der Waals surface area contributed by atoms with Crippen molar-refractivity contribution in [1.29, 1.82) is 0 Å². The second-order valence-electron chi connectivity index (χ2n) is 6.31. The van der Waals surface area contributed by atoms with Crippen LogP contribution in [0.1, 0.15) is 29.3 Å². The van der Waals surface area contributed by atoms with Crippen molar-refractivity contribution in [1.82, 2.24) is 14.9 Å². The molecule has 0 radical (unpaired) electrons. The number of hydrogen-bond donors (Lipinski definition) is 2. The van der Waals surface area contributed by atoms with Gasteiger partial charge in [0.1, 0.15) is 6.10 Å². The molecule has 1 aliphatic heterocycles. The Labute approximate surface area is 144 Å². The number of benzene rings is 1. The Kier molecular flexibility index (Phi) is 4.85. The zero-order valence-electron chi connectivity index (χ0n) is 14.3. The van der Waals surface area contributed by atoms with Gasteiger partial charge in [0.2, 0.25) is 0 Å². The third-order valence-electron chi connectivity index (χ3n) is 4.39. The Morgan fingerprint density at radius 2 is 1.96 bits per heavy atom. The smallest absolute Gasteiger partial charge is 0.325 e. The molecule has 2 aromatic rings. The van der Waals surface area contributed by atoms with Crippen LogP contribution in [-0.2, 0) is 29.1 Å². The molecular weight excluding hydrogens is 322 g/mol. The van der Waals surface area contributed by atoms with Gasteiger partial charge in [0, 0.05) is 17.8 Å². The summed E-state index contributed by atoms with van der Waals surface area (Å²) in [6, 6.07) is 7.95. The summed E-state index contributed by atoms with van der Waals surface area (Å²) >= 11 is 0. The molecule has 1 unspecified atom stereocenters. The van der Waals surface area contributed by atoms with Gasteiger partial charge >= 0.3 is 5.69 Å². The van der Waals surface area contributed by atoms with E-state index in [0.29, 0.717) is 30.8 Å². The fourth-order valence-electron chi connectivity index (χ4n) is 2.90. The van der Waals surface area contributed by atoms with Crippen LogP contribution >= 0.6 is 0 Å². The highest BCUT2D eigenvalue weighted by Crippen LogP contribution is 2.15. The minimum atomic E-state index is -0.600. The molecular formula is C18H21N3O4. The number of amides is 1. The van der Waals surface area contributed by atoms with Crippen molar-refractivity contribution in [3.63, 3.8) is 0 Å². The van der Waals surface area contributed by atoms with E-state index in [1.54, 1.807) is 11.8 Å². The summed E-state index contributed by atoms with van der Waals surface area (Å²) in [6.45, 7) is 4.73. The molecule has 2 N–H and O–H groups in total. The Morgan fingerprint density at radius 3 is 2.68 bits per heavy atom. The van der Waals surface area contributed by atoms with Gasteiger partial charge < -0.3 is 14.6 Å². The molecule has 0 fully saturated rings. The van der Waals surface area contributed by atoms with Crippen molar-refractivity contribution in [2.75, 3.05) is 6.54 Å². The van der Waals surface area contributed by atoms with Gasteiger partial charge in [-0.3, -0.25) is 14.6 Å². The van der Waals surface area contributed by atoms with Gasteiger partial charge in [-0.25, -0.2) is 4.79 Å². The van der Waals surface area contributed by atoms with Gasteiger partial charge in [0.05, 0.1) is 13.2 Å². The topological polar surface area (TPSA) is 95.3 Å². The molecule has 2 heterocycles. The van der Waals surface area contributed by atoms with Crippen molar-refractivity contribution in [2.24, 2.45) is 0 Å². The molecule has 1 atom stereocenters. The number of carbonyl (C=O) groups excluding carboxylic acids is 1. The first kappa shape index (κ1) is 17.2. The number of aromatic nitrogens is 2. The average Bonchev–Trinajstić information content (AvgIpc) is 2.59. The van der Waals surface area contributed by atoms with Crippen molar-refractivity contribution in [3.05, 3.63) is 67.5 Å². The van der Waals surface area contributed by atoms with Gasteiger partial charge in [0.25, 0.3) is 11.5 Å². The van der Waals surface area contributed by atoms with Crippen LogP contribution in [0.15, 0.2) is 33.9 Å². The first-order chi connectivity index (χ1) is 11.9. The first-order valence-electron chi connectivity index (χ1n) is 8.24. The second-order valence-corrected chi connectivity index (χ2v) is 6.31. The second kappa shape index (κ2) is 7.06. The molecule has 25 heavy (non-hydrogen) atoms. The molecule has 1 amide bonds. The molecule has 7 heteroatoms. The third-order valence-corrected chi connectivity index (χ3v) is 4.39. The quantitative estimate of drug-likeness (QED) is 0.861. The fourth-order valence-corrected chi connectivity index (χ4v) is 2.90. The highest BCUT2D eigenvalue weighted by molar-refractivity contribution is 5.80. The van der Waals surface area contributed by atoms with Crippen LogP contribution < -0.4 is 11.2 Å². The Bertz CT molecular complexity index is 882. The number of fused-ring (bicyclic) bond motifs is 1. The summed E-state index contributed by atoms with van der Waals surface area (Å²) in [5.41, 5.74) is 2.28. The lowest BCUT2D eigenvalue weighted by Crippen LogP contribution is -2.45. The molecule has 0 bridgehead atoms. The zero-order chi connectivity index (χ0) is 18.0. The number of nitrogens with zero attached hydrogens (tertiary/aromatic N) is 1. The van der Waals surface area contributed by atoms with E-state index in [0.717, 1.165) is 5.56 Å². The summed E-state index contributed by atoms with van der Waals surface area (Å²) in [4.78, 5) is 42.2. The summed E-state index contributed by atoms with van der Waals surface area (Å²) in [6.07, 6.45) is -0.186. The van der Waals surface area contributed by atoms with Gasteiger partial charge in [-0.1, -0.05) is 29.8 Å². The van der Waals surface area contributed by atoms with Gasteiger partial charge in [0.15, 0.2) is 0 Å². The zero-order valence-corrected chi connectivity index (χ0v) is 14.3. The van der Waals surface area contributed by atoms with E-state index in [-0.39, 0.29) is 18.0 Å². The lowest BCUT2D eigenvalue weighted by molar-refractivity contribution is -0.144. The Morgan fingerprint density at radius 1 is 1.24 bits per heavy atom. The molecule has 1 aromatic heterocycles. The Hall–Kier alpha value is -2.67. The van der Waals surface area contributed by atoms with E-state index < -0.39 is 11.8 Å². The van der Waals surface area contributed by atoms with Crippen LogP contribution in [0.5, 0.6) is 0 Å². The highest BCUT2D eigenvalue weighted by atomic mass is 16.5. The first-order valence-corrected chi connectivity index (χ1v) is 8.24. The maximum atomic E-state index is 12.6. The van der Waals surface area contributed by atoms with E-state index >= 15 is 0 Å². The van der Waals surface area contributed by atoms with Crippen molar-refractivity contribution in [3.8, 4) is 0 Å². The van der Waals surface area contributed by atoms with E-state index in [4.69, 9.17) is 4.74 Å². The number of aryl methyl sites for hydroxylation is 1. The molecule has 1 aliphatic rings. The highest BCUT2D eigenvalue weighted by Gasteiger charge is 2.27. The normalized spacial score (nSPS) is 14.9. The molecule has 0 aliphatic carbocycles. The van der Waals surface area contributed by atoms with Crippen molar-refractivity contribution < 1.29 is 9.53 Å². The predicted octanol–water partition coefficient (Wildman–Crippen LogP) is 0.862. The molecule has 3 rings (SSSR count). The van der Waals surface area contributed by atoms with Gasteiger partial charge in [-0.15, -0.1) is 0 Å². The molecule has 7 nitrogen and oxygen atoms in total. The summed E-state index contributed by atoms with van der Waals surface area (Å²) in [7, 11) is 0. The Balaban J connectivity index is 1.63. The number of hydrogen-bond acceptors (Lipinski definition) is 4. The number of ether oxygens (including phenoxy) is 1. The molecule has 0 saturated heterocycles.